The summed E-state index contributed by atoms with van der Waals surface area (Å²) in [6, 6.07) is 0. The molecule has 1 aliphatic heterocycles. The SMILES string of the molecule is CC(C)C(CN)CNCC1(C)CCN(C(=O)OC(C)(C)C)CC1. The molecular weight excluding hydrogens is 290 g/mol. The van der Waals surface area contributed by atoms with Gasteiger partial charge in [0.05, 0.1) is 0 Å². The lowest BCUT2D eigenvalue weighted by molar-refractivity contribution is 0.0119. The highest BCUT2D eigenvalue weighted by molar-refractivity contribution is 5.68. The van der Waals surface area contributed by atoms with Crippen molar-refractivity contribution in [3.63, 3.8) is 0 Å². The van der Waals surface area contributed by atoms with Crippen LogP contribution in [0.2, 0.25) is 0 Å². The minimum absolute atomic E-state index is 0.185. The van der Waals surface area contributed by atoms with Gasteiger partial charge in [0.15, 0.2) is 0 Å². The number of carbonyl (C=O) groups excluding carboxylic acids is 1. The van der Waals surface area contributed by atoms with Crippen LogP contribution in [-0.4, -0.2) is 49.3 Å². The van der Waals surface area contributed by atoms with Crippen LogP contribution >= 0.6 is 0 Å². The van der Waals surface area contributed by atoms with Gasteiger partial charge in [-0.2, -0.15) is 0 Å². The van der Waals surface area contributed by atoms with Gasteiger partial charge in [-0.1, -0.05) is 20.8 Å². The third-order valence-corrected chi connectivity index (χ3v) is 4.83. The normalized spacial score (nSPS) is 19.7. The van der Waals surface area contributed by atoms with E-state index in [2.05, 4.69) is 26.1 Å². The molecule has 1 heterocycles. The predicted molar refractivity (Wildman–Crippen MR) is 95.4 cm³/mol. The van der Waals surface area contributed by atoms with Gasteiger partial charge in [-0.15, -0.1) is 0 Å². The first-order valence-electron chi connectivity index (χ1n) is 8.95. The van der Waals surface area contributed by atoms with Crippen molar-refractivity contribution in [2.75, 3.05) is 32.7 Å². The van der Waals surface area contributed by atoms with E-state index in [0.717, 1.165) is 45.6 Å². The molecule has 23 heavy (non-hydrogen) atoms. The van der Waals surface area contributed by atoms with Gasteiger partial charge in [0.1, 0.15) is 5.60 Å². The molecule has 0 aliphatic carbocycles. The van der Waals surface area contributed by atoms with E-state index in [1.165, 1.54) is 0 Å². The molecule has 0 aromatic carbocycles. The Morgan fingerprint density at radius 1 is 1.30 bits per heavy atom. The van der Waals surface area contributed by atoms with Crippen LogP contribution in [0.1, 0.15) is 54.4 Å². The maximum Gasteiger partial charge on any atom is 0.410 e. The summed E-state index contributed by atoms with van der Waals surface area (Å²) < 4.78 is 5.46. The second-order valence-corrected chi connectivity index (χ2v) is 8.65. The molecule has 5 heteroatoms. The molecule has 0 radical (unpaired) electrons. The summed E-state index contributed by atoms with van der Waals surface area (Å²) in [6.45, 7) is 16.7. The van der Waals surface area contributed by atoms with E-state index in [1.807, 2.05) is 25.7 Å². The first-order valence-corrected chi connectivity index (χ1v) is 8.95. The average Bonchev–Trinajstić information content (AvgIpc) is 2.42. The van der Waals surface area contributed by atoms with Crippen LogP contribution in [0.25, 0.3) is 0 Å². The fourth-order valence-electron chi connectivity index (χ4n) is 2.88. The monoisotopic (exact) mass is 327 g/mol. The van der Waals surface area contributed by atoms with Crippen molar-refractivity contribution in [1.29, 1.82) is 0 Å². The standard InChI is InChI=1S/C18H37N3O2/c1-14(2)15(11-19)12-20-13-18(6)7-9-21(10-8-18)16(22)23-17(3,4)5/h14-15,20H,7-13,19H2,1-6H3. The average molecular weight is 328 g/mol. The van der Waals surface area contributed by atoms with Gasteiger partial charge in [-0.05, 0) is 64.0 Å². The van der Waals surface area contributed by atoms with Crippen molar-refractivity contribution in [2.45, 2.75) is 60.0 Å². The summed E-state index contributed by atoms with van der Waals surface area (Å²) in [5, 5.41) is 3.60. The molecule has 1 aliphatic rings. The number of amides is 1. The second-order valence-electron chi connectivity index (χ2n) is 8.65. The lowest BCUT2D eigenvalue weighted by Crippen LogP contribution is -2.47. The van der Waals surface area contributed by atoms with E-state index < -0.39 is 5.60 Å². The molecule has 5 nitrogen and oxygen atoms in total. The fraction of sp³-hybridized carbons (Fsp3) is 0.944. The van der Waals surface area contributed by atoms with Crippen molar-refractivity contribution < 1.29 is 9.53 Å². The van der Waals surface area contributed by atoms with Gasteiger partial charge in [0.25, 0.3) is 0 Å². The molecule has 1 atom stereocenters. The number of rotatable bonds is 6. The summed E-state index contributed by atoms with van der Waals surface area (Å²) in [5.74, 6) is 1.13. The lowest BCUT2D eigenvalue weighted by Gasteiger charge is -2.40. The van der Waals surface area contributed by atoms with Crippen LogP contribution < -0.4 is 11.1 Å². The maximum atomic E-state index is 12.1. The number of nitrogens with one attached hydrogen (secondary N) is 1. The molecule has 0 bridgehead atoms. The Morgan fingerprint density at radius 2 is 1.87 bits per heavy atom. The van der Waals surface area contributed by atoms with Crippen LogP contribution in [0.15, 0.2) is 0 Å². The number of carbonyl (C=O) groups is 1. The quantitative estimate of drug-likeness (QED) is 0.787. The van der Waals surface area contributed by atoms with Gasteiger partial charge >= 0.3 is 6.09 Å². The van der Waals surface area contributed by atoms with Crippen LogP contribution in [-0.2, 0) is 4.74 Å². The predicted octanol–water partition coefficient (Wildman–Crippen LogP) is 2.84. The van der Waals surface area contributed by atoms with Crippen molar-refractivity contribution in [3.05, 3.63) is 0 Å². The summed E-state index contributed by atoms with van der Waals surface area (Å²) in [5.41, 5.74) is 5.65. The first-order chi connectivity index (χ1) is 10.6. The number of nitrogens with zero attached hydrogens (tertiary/aromatic N) is 1. The Morgan fingerprint density at radius 3 is 2.30 bits per heavy atom. The molecular formula is C18H37N3O2. The van der Waals surface area contributed by atoms with Crippen molar-refractivity contribution in [2.24, 2.45) is 23.0 Å². The number of hydrogen-bond donors (Lipinski definition) is 2. The Balaban J connectivity index is 2.37. The minimum atomic E-state index is -0.423. The molecule has 1 fully saturated rings. The van der Waals surface area contributed by atoms with Crippen molar-refractivity contribution in [1.82, 2.24) is 10.2 Å². The van der Waals surface area contributed by atoms with E-state index in [4.69, 9.17) is 10.5 Å². The van der Waals surface area contributed by atoms with E-state index in [9.17, 15) is 4.79 Å². The molecule has 0 saturated carbocycles. The number of likely N-dealkylation sites (tertiary alicyclic amines) is 1. The molecule has 1 rings (SSSR count). The summed E-state index contributed by atoms with van der Waals surface area (Å²) in [4.78, 5) is 14.0. The van der Waals surface area contributed by atoms with Crippen LogP contribution in [0.5, 0.6) is 0 Å². The number of nitrogens with two attached hydrogens (primary N) is 1. The summed E-state index contributed by atoms with van der Waals surface area (Å²) >= 11 is 0. The topological polar surface area (TPSA) is 67.6 Å². The molecule has 136 valence electrons. The fourth-order valence-corrected chi connectivity index (χ4v) is 2.88. The highest BCUT2D eigenvalue weighted by Gasteiger charge is 2.33. The molecule has 1 amide bonds. The van der Waals surface area contributed by atoms with Gasteiger partial charge in [-0.3, -0.25) is 0 Å². The minimum Gasteiger partial charge on any atom is -0.444 e. The Hall–Kier alpha value is -0.810. The third-order valence-electron chi connectivity index (χ3n) is 4.83. The molecule has 0 aromatic heterocycles. The Labute approximate surface area is 142 Å². The maximum absolute atomic E-state index is 12.1. The molecule has 1 saturated heterocycles. The number of piperidine rings is 1. The van der Waals surface area contributed by atoms with E-state index in [0.29, 0.717) is 11.8 Å². The van der Waals surface area contributed by atoms with E-state index in [-0.39, 0.29) is 11.5 Å². The smallest absolute Gasteiger partial charge is 0.410 e. The van der Waals surface area contributed by atoms with Gasteiger partial charge in [-0.25, -0.2) is 4.79 Å². The zero-order valence-electron chi connectivity index (χ0n) is 15.9. The van der Waals surface area contributed by atoms with E-state index >= 15 is 0 Å². The van der Waals surface area contributed by atoms with E-state index in [1.54, 1.807) is 0 Å². The van der Waals surface area contributed by atoms with Crippen LogP contribution in [0, 0.1) is 17.3 Å². The summed E-state index contributed by atoms with van der Waals surface area (Å²) in [6.07, 6.45) is 1.83. The number of hydrogen-bond acceptors (Lipinski definition) is 4. The van der Waals surface area contributed by atoms with Gasteiger partial charge in [0.2, 0.25) is 0 Å². The molecule has 0 spiro atoms. The van der Waals surface area contributed by atoms with Crippen LogP contribution in [0.3, 0.4) is 0 Å². The lowest BCUT2D eigenvalue weighted by atomic mass is 9.80. The zero-order valence-corrected chi connectivity index (χ0v) is 15.9. The molecule has 1 unspecified atom stereocenters. The van der Waals surface area contributed by atoms with Gasteiger partial charge < -0.3 is 20.7 Å². The van der Waals surface area contributed by atoms with Crippen molar-refractivity contribution in [3.8, 4) is 0 Å². The Kier molecular flexibility index (Phi) is 7.33. The molecule has 0 aromatic rings. The molecule has 3 N–H and O–H groups in total. The second kappa shape index (κ2) is 8.34. The highest BCUT2D eigenvalue weighted by atomic mass is 16.6. The van der Waals surface area contributed by atoms with Gasteiger partial charge in [0, 0.05) is 19.6 Å². The summed E-state index contributed by atoms with van der Waals surface area (Å²) in [7, 11) is 0. The highest BCUT2D eigenvalue weighted by Crippen LogP contribution is 2.30. The zero-order chi connectivity index (χ0) is 17.7. The Bertz CT molecular complexity index is 369. The first kappa shape index (κ1) is 20.2. The largest absolute Gasteiger partial charge is 0.444 e. The third kappa shape index (κ3) is 7.08. The van der Waals surface area contributed by atoms with Crippen molar-refractivity contribution >= 4 is 6.09 Å². The number of ether oxygens (including phenoxy) is 1. The van der Waals surface area contributed by atoms with Crippen LogP contribution in [0.4, 0.5) is 4.79 Å².